The second-order valence-electron chi connectivity index (χ2n) is 4.58. The highest BCUT2D eigenvalue weighted by atomic mass is 35.5. The topological polar surface area (TPSA) is 56.0 Å². The number of hydrogen-bond acceptors (Lipinski definition) is 4. The predicted molar refractivity (Wildman–Crippen MR) is 82.4 cm³/mol. The number of benzene rings is 1. The molecule has 1 aromatic carbocycles. The van der Waals surface area contributed by atoms with Crippen LogP contribution in [0.15, 0.2) is 41.6 Å². The van der Waals surface area contributed by atoms with Crippen LogP contribution in [0.4, 0.5) is 5.82 Å². The second kappa shape index (κ2) is 5.18. The van der Waals surface area contributed by atoms with Crippen molar-refractivity contribution in [1.29, 1.82) is 0 Å². The monoisotopic (exact) mass is 301 g/mol. The van der Waals surface area contributed by atoms with Gasteiger partial charge in [-0.15, -0.1) is 4.91 Å². The molecule has 106 valence electrons. The molecule has 3 aromatic rings. The molecule has 0 aliphatic rings. The van der Waals surface area contributed by atoms with Gasteiger partial charge in [0.2, 0.25) is 5.82 Å². The Labute approximate surface area is 126 Å². The van der Waals surface area contributed by atoms with Gasteiger partial charge in [0.25, 0.3) is 0 Å². The van der Waals surface area contributed by atoms with E-state index in [1.54, 1.807) is 29.7 Å². The molecule has 0 spiro atoms. The van der Waals surface area contributed by atoms with Gasteiger partial charge < -0.3 is 4.74 Å². The number of aromatic nitrogens is 2. The normalized spacial score (nSPS) is 10.8. The first-order valence-electron chi connectivity index (χ1n) is 6.31. The Morgan fingerprint density at radius 1 is 1.29 bits per heavy atom. The van der Waals surface area contributed by atoms with E-state index >= 15 is 0 Å². The third kappa shape index (κ3) is 2.15. The lowest BCUT2D eigenvalue weighted by Gasteiger charge is -2.07. The number of nitroso groups, excluding NO2 is 1. The summed E-state index contributed by atoms with van der Waals surface area (Å²) in [6.07, 6.45) is 0. The molecule has 0 atom stereocenters. The van der Waals surface area contributed by atoms with E-state index in [1.807, 2.05) is 25.1 Å². The molecule has 2 aromatic heterocycles. The molecule has 21 heavy (non-hydrogen) atoms. The molecule has 0 bridgehead atoms. The number of rotatable bonds is 3. The Morgan fingerprint density at radius 2 is 2.10 bits per heavy atom. The number of halogens is 1. The van der Waals surface area contributed by atoms with Crippen LogP contribution in [0.1, 0.15) is 5.69 Å². The van der Waals surface area contributed by atoms with Gasteiger partial charge in [-0.25, -0.2) is 4.98 Å². The number of pyridine rings is 1. The average Bonchev–Trinajstić information content (AvgIpc) is 2.87. The van der Waals surface area contributed by atoms with Crippen molar-refractivity contribution in [3.05, 3.63) is 52.0 Å². The first-order valence-corrected chi connectivity index (χ1v) is 6.69. The van der Waals surface area contributed by atoms with Crippen molar-refractivity contribution in [2.24, 2.45) is 5.18 Å². The van der Waals surface area contributed by atoms with Crippen LogP contribution in [0, 0.1) is 11.8 Å². The highest BCUT2D eigenvalue weighted by molar-refractivity contribution is 6.31. The van der Waals surface area contributed by atoms with Crippen LogP contribution in [-0.4, -0.2) is 16.5 Å². The first-order chi connectivity index (χ1) is 10.2. The minimum absolute atomic E-state index is 0.240. The molecule has 6 heteroatoms. The van der Waals surface area contributed by atoms with Gasteiger partial charge in [-0.2, -0.15) is 0 Å². The van der Waals surface area contributed by atoms with E-state index in [9.17, 15) is 4.91 Å². The zero-order chi connectivity index (χ0) is 15.0. The van der Waals surface area contributed by atoms with Gasteiger partial charge >= 0.3 is 0 Å². The summed E-state index contributed by atoms with van der Waals surface area (Å²) in [6.45, 7) is 1.89. The maximum Gasteiger partial charge on any atom is 0.210 e. The summed E-state index contributed by atoms with van der Waals surface area (Å²) < 4.78 is 7.04. The molecule has 0 N–H and O–H groups in total. The molecular weight excluding hydrogens is 290 g/mol. The third-order valence-corrected chi connectivity index (χ3v) is 3.55. The lowest BCUT2D eigenvalue weighted by Crippen LogP contribution is -1.90. The zero-order valence-electron chi connectivity index (χ0n) is 11.5. The summed E-state index contributed by atoms with van der Waals surface area (Å²) in [5, 5.41) is 3.69. The van der Waals surface area contributed by atoms with Crippen molar-refractivity contribution in [2.75, 3.05) is 7.11 Å². The van der Waals surface area contributed by atoms with Gasteiger partial charge in [0, 0.05) is 16.3 Å². The Kier molecular flexibility index (Phi) is 3.35. The van der Waals surface area contributed by atoms with Crippen molar-refractivity contribution in [1.82, 2.24) is 9.38 Å². The van der Waals surface area contributed by atoms with Crippen LogP contribution < -0.4 is 4.74 Å². The number of hydrogen-bond donors (Lipinski definition) is 0. The number of methoxy groups -OCH3 is 1. The molecule has 0 saturated heterocycles. The van der Waals surface area contributed by atoms with Crippen molar-refractivity contribution in [3.8, 4) is 17.0 Å². The largest absolute Gasteiger partial charge is 0.496 e. The SMILES string of the molecule is COc1ccc(Cl)cc1-c1nc2cccc(C)n2c1N=O. The Bertz CT molecular complexity index is 842. The third-order valence-electron chi connectivity index (χ3n) is 3.32. The summed E-state index contributed by atoms with van der Waals surface area (Å²) in [5.74, 6) is 0.828. The number of nitrogens with zero attached hydrogens (tertiary/aromatic N) is 3. The number of ether oxygens (including phenoxy) is 1. The van der Waals surface area contributed by atoms with E-state index in [2.05, 4.69) is 10.2 Å². The van der Waals surface area contributed by atoms with Crippen LogP contribution >= 0.6 is 11.6 Å². The molecule has 0 aliphatic carbocycles. The summed E-state index contributed by atoms with van der Waals surface area (Å²) in [4.78, 5) is 15.8. The van der Waals surface area contributed by atoms with E-state index in [4.69, 9.17) is 16.3 Å². The molecule has 0 fully saturated rings. The molecular formula is C15H12ClN3O2. The molecule has 0 aliphatic heterocycles. The minimum Gasteiger partial charge on any atom is -0.496 e. The van der Waals surface area contributed by atoms with Crippen molar-refractivity contribution < 1.29 is 4.74 Å². The summed E-state index contributed by atoms with van der Waals surface area (Å²) in [5.41, 5.74) is 2.63. The number of fused-ring (bicyclic) bond motifs is 1. The Hall–Kier alpha value is -2.40. The van der Waals surface area contributed by atoms with Crippen LogP contribution in [-0.2, 0) is 0 Å². The van der Waals surface area contributed by atoms with E-state index < -0.39 is 0 Å². The van der Waals surface area contributed by atoms with Crippen LogP contribution in [0.2, 0.25) is 5.02 Å². The molecule has 5 nitrogen and oxygen atoms in total. The predicted octanol–water partition coefficient (Wildman–Crippen LogP) is 4.37. The second-order valence-corrected chi connectivity index (χ2v) is 5.02. The lowest BCUT2D eigenvalue weighted by atomic mass is 10.1. The fourth-order valence-corrected chi connectivity index (χ4v) is 2.54. The summed E-state index contributed by atoms with van der Waals surface area (Å²) in [7, 11) is 1.56. The number of imidazole rings is 1. The molecule has 3 rings (SSSR count). The maximum atomic E-state index is 11.3. The summed E-state index contributed by atoms with van der Waals surface area (Å²) >= 11 is 6.05. The van der Waals surface area contributed by atoms with Gasteiger partial charge in [-0.05, 0) is 42.4 Å². The molecule has 2 heterocycles. The van der Waals surface area contributed by atoms with E-state index in [0.717, 1.165) is 5.69 Å². The van der Waals surface area contributed by atoms with Gasteiger partial charge in [-0.3, -0.25) is 4.40 Å². The first kappa shape index (κ1) is 13.6. The van der Waals surface area contributed by atoms with Crippen LogP contribution in [0.25, 0.3) is 16.9 Å². The molecule has 0 unspecified atom stereocenters. The van der Waals surface area contributed by atoms with E-state index in [0.29, 0.717) is 27.7 Å². The van der Waals surface area contributed by atoms with Gasteiger partial charge in [0.05, 0.1) is 7.11 Å². The van der Waals surface area contributed by atoms with Crippen molar-refractivity contribution >= 4 is 23.1 Å². The van der Waals surface area contributed by atoms with Gasteiger partial charge in [0.15, 0.2) is 0 Å². The maximum absolute atomic E-state index is 11.3. The Morgan fingerprint density at radius 3 is 2.81 bits per heavy atom. The van der Waals surface area contributed by atoms with Crippen LogP contribution in [0.3, 0.4) is 0 Å². The van der Waals surface area contributed by atoms with Crippen LogP contribution in [0.5, 0.6) is 5.75 Å². The van der Waals surface area contributed by atoms with Gasteiger partial charge in [-0.1, -0.05) is 17.7 Å². The van der Waals surface area contributed by atoms with Crippen molar-refractivity contribution in [3.63, 3.8) is 0 Å². The number of aryl methyl sites for hydroxylation is 1. The highest BCUT2D eigenvalue weighted by Gasteiger charge is 2.19. The fourth-order valence-electron chi connectivity index (χ4n) is 2.37. The van der Waals surface area contributed by atoms with E-state index in [1.165, 1.54) is 0 Å². The quantitative estimate of drug-likeness (QED) is 0.675. The van der Waals surface area contributed by atoms with Crippen molar-refractivity contribution in [2.45, 2.75) is 6.92 Å². The smallest absolute Gasteiger partial charge is 0.210 e. The lowest BCUT2D eigenvalue weighted by molar-refractivity contribution is 0.416. The average molecular weight is 302 g/mol. The zero-order valence-corrected chi connectivity index (χ0v) is 12.3. The fraction of sp³-hybridized carbons (Fsp3) is 0.133. The van der Waals surface area contributed by atoms with Gasteiger partial charge in [0.1, 0.15) is 17.1 Å². The standard InChI is InChI=1S/C15H12ClN3O2/c1-9-4-3-5-13-17-14(15(18-20)19(9)13)11-8-10(16)6-7-12(11)21-2/h3-8H,1-2H3. The molecule has 0 radical (unpaired) electrons. The highest BCUT2D eigenvalue weighted by Crippen LogP contribution is 2.38. The minimum atomic E-state index is 0.240. The molecule has 0 amide bonds. The summed E-state index contributed by atoms with van der Waals surface area (Å²) in [6, 6.07) is 10.8. The Balaban J connectivity index is 2.38. The molecule has 0 saturated carbocycles. The van der Waals surface area contributed by atoms with E-state index in [-0.39, 0.29) is 5.82 Å².